The molecule has 2 fully saturated rings. The molecule has 20 heavy (non-hydrogen) atoms. The van der Waals surface area contributed by atoms with Crippen LogP contribution in [0.25, 0.3) is 0 Å². The van der Waals surface area contributed by atoms with Crippen LogP contribution in [0.2, 0.25) is 0 Å². The minimum atomic E-state index is 0. The van der Waals surface area contributed by atoms with Crippen molar-refractivity contribution in [3.8, 4) is 5.75 Å². The van der Waals surface area contributed by atoms with Crippen molar-refractivity contribution < 1.29 is 9.53 Å². The number of likely N-dealkylation sites (tertiary alicyclic amines) is 1. The highest BCUT2D eigenvalue weighted by atomic mass is 35.5. The van der Waals surface area contributed by atoms with E-state index in [9.17, 15) is 4.79 Å². The second-order valence-electron chi connectivity index (χ2n) is 5.38. The predicted molar refractivity (Wildman–Crippen MR) is 80.7 cm³/mol. The van der Waals surface area contributed by atoms with Gasteiger partial charge >= 0.3 is 0 Å². The third-order valence-corrected chi connectivity index (χ3v) is 4.28. The van der Waals surface area contributed by atoms with Crippen LogP contribution in [-0.4, -0.2) is 43.6 Å². The standard InChI is InChI=1S/C15H20N2O2.ClH/c1-19-13-4-2-11(3-5-13)15(18)17-9-7-14-12(10-17)6-8-16-14;/h2-5,12,14,16H,6-10H2,1H3;1H. The monoisotopic (exact) mass is 296 g/mol. The molecule has 2 aliphatic heterocycles. The Kier molecular flexibility index (Phi) is 4.89. The third kappa shape index (κ3) is 2.91. The molecule has 2 heterocycles. The maximum absolute atomic E-state index is 12.5. The molecule has 110 valence electrons. The second-order valence-corrected chi connectivity index (χ2v) is 5.38. The fourth-order valence-electron chi connectivity index (χ4n) is 3.15. The molecule has 1 amide bonds. The lowest BCUT2D eigenvalue weighted by Gasteiger charge is -2.34. The van der Waals surface area contributed by atoms with E-state index >= 15 is 0 Å². The number of nitrogens with zero attached hydrogens (tertiary/aromatic N) is 1. The zero-order chi connectivity index (χ0) is 13.2. The van der Waals surface area contributed by atoms with Gasteiger partial charge in [0.05, 0.1) is 7.11 Å². The number of carbonyl (C=O) groups excluding carboxylic acids is 1. The lowest BCUT2D eigenvalue weighted by atomic mass is 9.93. The van der Waals surface area contributed by atoms with Crippen LogP contribution in [0.15, 0.2) is 24.3 Å². The Morgan fingerprint density at radius 3 is 2.75 bits per heavy atom. The molecule has 0 spiro atoms. The SMILES string of the molecule is COc1ccc(C(=O)N2CCC3NCCC3C2)cc1.Cl. The smallest absolute Gasteiger partial charge is 0.253 e. The number of hydrogen-bond donors (Lipinski definition) is 1. The van der Waals surface area contributed by atoms with Gasteiger partial charge < -0.3 is 15.0 Å². The first-order valence-electron chi connectivity index (χ1n) is 6.94. The summed E-state index contributed by atoms with van der Waals surface area (Å²) in [5, 5.41) is 3.52. The zero-order valence-corrected chi connectivity index (χ0v) is 12.5. The number of methoxy groups -OCH3 is 1. The number of rotatable bonds is 2. The second kappa shape index (κ2) is 6.46. The minimum absolute atomic E-state index is 0. The van der Waals surface area contributed by atoms with Gasteiger partial charge in [-0.1, -0.05) is 0 Å². The quantitative estimate of drug-likeness (QED) is 0.907. The molecule has 2 atom stereocenters. The highest BCUT2D eigenvalue weighted by Crippen LogP contribution is 2.25. The number of amides is 1. The van der Waals surface area contributed by atoms with E-state index in [1.54, 1.807) is 7.11 Å². The number of fused-ring (bicyclic) bond motifs is 1. The fourth-order valence-corrected chi connectivity index (χ4v) is 3.15. The molecule has 5 heteroatoms. The Labute approximate surface area is 125 Å². The summed E-state index contributed by atoms with van der Waals surface area (Å²) in [7, 11) is 1.63. The Hall–Kier alpha value is -1.26. The molecule has 4 nitrogen and oxygen atoms in total. The van der Waals surface area contributed by atoms with Crippen LogP contribution < -0.4 is 10.1 Å². The largest absolute Gasteiger partial charge is 0.497 e. The van der Waals surface area contributed by atoms with Crippen LogP contribution in [0, 0.1) is 5.92 Å². The molecule has 2 aliphatic rings. The molecule has 2 unspecified atom stereocenters. The molecular weight excluding hydrogens is 276 g/mol. The molecule has 1 N–H and O–H groups in total. The first-order chi connectivity index (χ1) is 9.28. The van der Waals surface area contributed by atoms with Gasteiger partial charge in [0.15, 0.2) is 0 Å². The van der Waals surface area contributed by atoms with Gasteiger partial charge in [-0.05, 0) is 49.6 Å². The molecule has 0 radical (unpaired) electrons. The number of piperidine rings is 1. The average molecular weight is 297 g/mol. The van der Waals surface area contributed by atoms with E-state index in [0.717, 1.165) is 37.4 Å². The predicted octanol–water partition coefficient (Wildman–Crippen LogP) is 1.94. The number of ether oxygens (including phenoxy) is 1. The summed E-state index contributed by atoms with van der Waals surface area (Å²) in [6, 6.07) is 8.01. The van der Waals surface area contributed by atoms with Crippen molar-refractivity contribution in [2.75, 3.05) is 26.7 Å². The molecule has 1 aromatic rings. The van der Waals surface area contributed by atoms with Gasteiger partial charge in [0.1, 0.15) is 5.75 Å². The molecule has 0 saturated carbocycles. The van der Waals surface area contributed by atoms with E-state index in [0.29, 0.717) is 12.0 Å². The Balaban J connectivity index is 0.00000147. The van der Waals surface area contributed by atoms with Gasteiger partial charge in [0.25, 0.3) is 5.91 Å². The lowest BCUT2D eigenvalue weighted by Crippen LogP contribution is -2.46. The van der Waals surface area contributed by atoms with E-state index in [4.69, 9.17) is 4.74 Å². The molecule has 3 rings (SSSR count). The fraction of sp³-hybridized carbons (Fsp3) is 0.533. The van der Waals surface area contributed by atoms with Gasteiger partial charge in [-0.15, -0.1) is 12.4 Å². The summed E-state index contributed by atoms with van der Waals surface area (Å²) >= 11 is 0. The highest BCUT2D eigenvalue weighted by Gasteiger charge is 2.34. The summed E-state index contributed by atoms with van der Waals surface area (Å²) in [5.74, 6) is 1.57. The van der Waals surface area contributed by atoms with Gasteiger partial charge in [-0.25, -0.2) is 0 Å². The van der Waals surface area contributed by atoms with Crippen LogP contribution in [0.1, 0.15) is 23.2 Å². The molecule has 0 bridgehead atoms. The Bertz CT molecular complexity index is 463. The molecule has 2 saturated heterocycles. The number of halogens is 1. The van der Waals surface area contributed by atoms with Crippen molar-refractivity contribution in [2.24, 2.45) is 5.92 Å². The van der Waals surface area contributed by atoms with Crippen molar-refractivity contribution in [1.29, 1.82) is 0 Å². The van der Waals surface area contributed by atoms with Gasteiger partial charge in [-0.3, -0.25) is 4.79 Å². The van der Waals surface area contributed by atoms with E-state index in [2.05, 4.69) is 5.32 Å². The van der Waals surface area contributed by atoms with Crippen molar-refractivity contribution in [3.63, 3.8) is 0 Å². The molecular formula is C15H21ClN2O2. The van der Waals surface area contributed by atoms with Crippen molar-refractivity contribution >= 4 is 18.3 Å². The first kappa shape index (κ1) is 15.1. The maximum Gasteiger partial charge on any atom is 0.253 e. The molecule has 0 aliphatic carbocycles. The lowest BCUT2D eigenvalue weighted by molar-refractivity contribution is 0.0662. The molecule has 1 aromatic carbocycles. The number of benzene rings is 1. The third-order valence-electron chi connectivity index (χ3n) is 4.28. The maximum atomic E-state index is 12.5. The van der Waals surface area contributed by atoms with Gasteiger partial charge in [0.2, 0.25) is 0 Å². The zero-order valence-electron chi connectivity index (χ0n) is 11.7. The van der Waals surface area contributed by atoms with E-state index < -0.39 is 0 Å². The first-order valence-corrected chi connectivity index (χ1v) is 6.94. The van der Waals surface area contributed by atoms with E-state index in [1.807, 2.05) is 29.2 Å². The number of carbonyl (C=O) groups is 1. The van der Waals surface area contributed by atoms with Gasteiger partial charge in [-0.2, -0.15) is 0 Å². The highest BCUT2D eigenvalue weighted by molar-refractivity contribution is 5.94. The van der Waals surface area contributed by atoms with Crippen LogP contribution >= 0.6 is 12.4 Å². The summed E-state index contributed by atoms with van der Waals surface area (Å²) in [4.78, 5) is 14.4. The van der Waals surface area contributed by atoms with Crippen LogP contribution in [0.3, 0.4) is 0 Å². The number of nitrogens with one attached hydrogen (secondary N) is 1. The van der Waals surface area contributed by atoms with Crippen LogP contribution in [0.4, 0.5) is 0 Å². The minimum Gasteiger partial charge on any atom is -0.497 e. The Morgan fingerprint density at radius 1 is 1.30 bits per heavy atom. The van der Waals surface area contributed by atoms with E-state index in [1.165, 1.54) is 6.42 Å². The van der Waals surface area contributed by atoms with Crippen LogP contribution in [0.5, 0.6) is 5.75 Å². The molecule has 0 aromatic heterocycles. The topological polar surface area (TPSA) is 41.6 Å². The Morgan fingerprint density at radius 2 is 2.05 bits per heavy atom. The van der Waals surface area contributed by atoms with Gasteiger partial charge in [0, 0.05) is 24.7 Å². The van der Waals surface area contributed by atoms with Crippen molar-refractivity contribution in [3.05, 3.63) is 29.8 Å². The van der Waals surface area contributed by atoms with Crippen LogP contribution in [-0.2, 0) is 0 Å². The average Bonchev–Trinajstić information content (AvgIpc) is 2.94. The summed E-state index contributed by atoms with van der Waals surface area (Å²) < 4.78 is 5.12. The normalized spacial score (nSPS) is 24.8. The summed E-state index contributed by atoms with van der Waals surface area (Å²) in [6.45, 7) is 2.85. The summed E-state index contributed by atoms with van der Waals surface area (Å²) in [5.41, 5.74) is 0.755. The number of hydrogen-bond acceptors (Lipinski definition) is 3. The summed E-state index contributed by atoms with van der Waals surface area (Å²) in [6.07, 6.45) is 2.27. The van der Waals surface area contributed by atoms with E-state index in [-0.39, 0.29) is 18.3 Å². The van der Waals surface area contributed by atoms with Crippen molar-refractivity contribution in [2.45, 2.75) is 18.9 Å². The van der Waals surface area contributed by atoms with Crippen molar-refractivity contribution in [1.82, 2.24) is 10.2 Å².